The predicted octanol–water partition coefficient (Wildman–Crippen LogP) is 2.56. The largest absolute Gasteiger partial charge is 0.488 e. The highest BCUT2D eigenvalue weighted by molar-refractivity contribution is 5.98. The normalized spacial score (nSPS) is 9.64. The van der Waals surface area contributed by atoms with E-state index in [4.69, 9.17) is 15.2 Å². The van der Waals surface area contributed by atoms with E-state index in [2.05, 4.69) is 5.32 Å². The number of esters is 1. The third kappa shape index (κ3) is 6.35. The van der Waals surface area contributed by atoms with Crippen LogP contribution in [0.3, 0.4) is 0 Å². The average Bonchev–Trinajstić information content (AvgIpc) is 2.59. The molecule has 25 heavy (non-hydrogen) atoms. The Morgan fingerprint density at radius 1 is 1.12 bits per heavy atom. The van der Waals surface area contributed by atoms with E-state index in [1.807, 2.05) is 30.3 Å². The molecule has 0 spiro atoms. The SMILES string of the molecule is CCOC(=O)CNC(=O)c1ccc(N)cc1OCc1ccccc1.Cl. The Morgan fingerprint density at radius 2 is 1.84 bits per heavy atom. The standard InChI is InChI=1S/C18H20N2O4.ClH/c1-2-23-17(21)11-20-18(22)15-9-8-14(19)10-16(15)24-12-13-6-4-3-5-7-13;/h3-10H,2,11-12,19H2,1H3,(H,20,22);1H. The van der Waals surface area contributed by atoms with Crippen molar-refractivity contribution in [2.75, 3.05) is 18.9 Å². The Morgan fingerprint density at radius 3 is 2.52 bits per heavy atom. The highest BCUT2D eigenvalue weighted by atomic mass is 35.5. The molecule has 2 rings (SSSR count). The molecule has 0 radical (unpaired) electrons. The van der Waals surface area contributed by atoms with E-state index < -0.39 is 11.9 Å². The second-order valence-electron chi connectivity index (χ2n) is 5.02. The molecule has 1 amide bonds. The summed E-state index contributed by atoms with van der Waals surface area (Å²) in [5.41, 5.74) is 7.54. The van der Waals surface area contributed by atoms with Gasteiger partial charge >= 0.3 is 5.97 Å². The predicted molar refractivity (Wildman–Crippen MR) is 97.8 cm³/mol. The van der Waals surface area contributed by atoms with E-state index in [1.165, 1.54) is 0 Å². The van der Waals surface area contributed by atoms with Crippen LogP contribution in [0.25, 0.3) is 0 Å². The summed E-state index contributed by atoms with van der Waals surface area (Å²) in [6.07, 6.45) is 0. The lowest BCUT2D eigenvalue weighted by atomic mass is 10.1. The van der Waals surface area contributed by atoms with Crippen LogP contribution in [0.1, 0.15) is 22.8 Å². The van der Waals surface area contributed by atoms with Gasteiger partial charge in [0.15, 0.2) is 0 Å². The van der Waals surface area contributed by atoms with Crippen molar-refractivity contribution in [1.82, 2.24) is 5.32 Å². The number of nitrogens with two attached hydrogens (primary N) is 1. The number of rotatable bonds is 7. The average molecular weight is 365 g/mol. The molecule has 0 saturated carbocycles. The van der Waals surface area contributed by atoms with Crippen molar-refractivity contribution < 1.29 is 19.1 Å². The number of anilines is 1. The van der Waals surface area contributed by atoms with Crippen LogP contribution in [0.2, 0.25) is 0 Å². The van der Waals surface area contributed by atoms with E-state index in [0.29, 0.717) is 23.6 Å². The number of nitrogen functional groups attached to an aromatic ring is 1. The molecule has 2 aromatic rings. The van der Waals surface area contributed by atoms with Crippen molar-refractivity contribution in [2.45, 2.75) is 13.5 Å². The van der Waals surface area contributed by atoms with Crippen LogP contribution in [0, 0.1) is 0 Å². The topological polar surface area (TPSA) is 90.7 Å². The van der Waals surface area contributed by atoms with Crippen LogP contribution in [-0.4, -0.2) is 25.0 Å². The number of halogens is 1. The van der Waals surface area contributed by atoms with Crippen LogP contribution >= 0.6 is 12.4 Å². The lowest BCUT2D eigenvalue weighted by Crippen LogP contribution is -2.31. The molecule has 0 aromatic heterocycles. The third-order valence-electron chi connectivity index (χ3n) is 3.19. The van der Waals surface area contributed by atoms with E-state index in [0.717, 1.165) is 5.56 Å². The molecule has 0 aliphatic heterocycles. The second-order valence-corrected chi connectivity index (χ2v) is 5.02. The maximum absolute atomic E-state index is 12.3. The summed E-state index contributed by atoms with van der Waals surface area (Å²) in [5, 5.41) is 2.51. The molecule has 0 fully saturated rings. The van der Waals surface area contributed by atoms with Gasteiger partial charge in [-0.3, -0.25) is 9.59 Å². The van der Waals surface area contributed by atoms with Crippen molar-refractivity contribution in [1.29, 1.82) is 0 Å². The number of hydrogen-bond acceptors (Lipinski definition) is 5. The van der Waals surface area contributed by atoms with Crippen molar-refractivity contribution >= 4 is 30.0 Å². The van der Waals surface area contributed by atoms with Crippen molar-refractivity contribution in [3.05, 3.63) is 59.7 Å². The third-order valence-corrected chi connectivity index (χ3v) is 3.19. The summed E-state index contributed by atoms with van der Waals surface area (Å²) in [6.45, 7) is 2.08. The van der Waals surface area contributed by atoms with Gasteiger partial charge in [-0.05, 0) is 24.6 Å². The van der Waals surface area contributed by atoms with Crippen LogP contribution in [-0.2, 0) is 16.1 Å². The summed E-state index contributed by atoms with van der Waals surface area (Å²) in [5.74, 6) is -0.556. The first-order valence-corrected chi connectivity index (χ1v) is 7.60. The molecule has 7 heteroatoms. The summed E-state index contributed by atoms with van der Waals surface area (Å²) >= 11 is 0. The van der Waals surface area contributed by atoms with E-state index in [9.17, 15) is 9.59 Å². The first-order valence-electron chi connectivity index (χ1n) is 7.60. The number of ether oxygens (including phenoxy) is 2. The van der Waals surface area contributed by atoms with E-state index in [1.54, 1.807) is 25.1 Å². The van der Waals surface area contributed by atoms with Crippen LogP contribution < -0.4 is 15.8 Å². The molecule has 6 nitrogen and oxygen atoms in total. The zero-order valence-corrected chi connectivity index (χ0v) is 14.7. The van der Waals surface area contributed by atoms with E-state index >= 15 is 0 Å². The Kier molecular flexibility index (Phi) is 8.29. The van der Waals surface area contributed by atoms with Gasteiger partial charge in [0.05, 0.1) is 12.2 Å². The van der Waals surface area contributed by atoms with Crippen molar-refractivity contribution in [2.24, 2.45) is 0 Å². The quantitative estimate of drug-likeness (QED) is 0.582. The molecule has 0 aliphatic rings. The van der Waals surface area contributed by atoms with E-state index in [-0.39, 0.29) is 25.6 Å². The van der Waals surface area contributed by atoms with Crippen molar-refractivity contribution in [3.63, 3.8) is 0 Å². The van der Waals surface area contributed by atoms with Gasteiger partial charge in [-0.15, -0.1) is 12.4 Å². The number of carbonyl (C=O) groups excluding carboxylic acids is 2. The van der Waals surface area contributed by atoms with Crippen molar-refractivity contribution in [3.8, 4) is 5.75 Å². The zero-order chi connectivity index (χ0) is 17.4. The number of carbonyl (C=O) groups is 2. The summed E-state index contributed by atoms with van der Waals surface area (Å²) < 4.78 is 10.5. The van der Waals surface area contributed by atoms with Crippen LogP contribution in [0.15, 0.2) is 48.5 Å². The number of nitrogens with one attached hydrogen (secondary N) is 1. The Bertz CT molecular complexity index is 707. The molecular weight excluding hydrogens is 344 g/mol. The second kappa shape index (κ2) is 10.2. The monoisotopic (exact) mass is 364 g/mol. The molecule has 0 bridgehead atoms. The molecule has 134 valence electrons. The van der Waals surface area contributed by atoms with Gasteiger partial charge in [0, 0.05) is 11.8 Å². The minimum Gasteiger partial charge on any atom is -0.488 e. The maximum Gasteiger partial charge on any atom is 0.325 e. The van der Waals surface area contributed by atoms with Gasteiger partial charge in [-0.2, -0.15) is 0 Å². The highest BCUT2D eigenvalue weighted by Gasteiger charge is 2.14. The lowest BCUT2D eigenvalue weighted by Gasteiger charge is -2.12. The van der Waals surface area contributed by atoms with Gasteiger partial charge in [0.25, 0.3) is 5.91 Å². The van der Waals surface area contributed by atoms with Crippen LogP contribution in [0.4, 0.5) is 5.69 Å². The fraction of sp³-hybridized carbons (Fsp3) is 0.222. The molecule has 2 aromatic carbocycles. The molecule has 0 aliphatic carbocycles. The molecule has 0 heterocycles. The first-order chi connectivity index (χ1) is 11.6. The lowest BCUT2D eigenvalue weighted by molar-refractivity contribution is -0.141. The Balaban J connectivity index is 0.00000312. The van der Waals surface area contributed by atoms with Gasteiger partial charge in [0.1, 0.15) is 18.9 Å². The molecule has 3 N–H and O–H groups in total. The Hall–Kier alpha value is -2.73. The fourth-order valence-corrected chi connectivity index (χ4v) is 2.04. The minimum atomic E-state index is -0.493. The van der Waals surface area contributed by atoms with Gasteiger partial charge < -0.3 is 20.5 Å². The number of amides is 1. The van der Waals surface area contributed by atoms with Crippen LogP contribution in [0.5, 0.6) is 5.75 Å². The highest BCUT2D eigenvalue weighted by Crippen LogP contribution is 2.23. The summed E-state index contributed by atoms with van der Waals surface area (Å²) in [4.78, 5) is 23.6. The smallest absolute Gasteiger partial charge is 0.325 e. The Labute approximate surface area is 152 Å². The maximum atomic E-state index is 12.3. The molecular formula is C18H21ClN2O4. The first kappa shape index (κ1) is 20.3. The minimum absolute atomic E-state index is 0. The van der Waals surface area contributed by atoms with Gasteiger partial charge in [0.2, 0.25) is 0 Å². The molecule has 0 unspecified atom stereocenters. The number of hydrogen-bond donors (Lipinski definition) is 2. The molecule has 0 atom stereocenters. The zero-order valence-electron chi connectivity index (χ0n) is 13.9. The van der Waals surface area contributed by atoms with Gasteiger partial charge in [-0.25, -0.2) is 0 Å². The summed E-state index contributed by atoms with van der Waals surface area (Å²) in [7, 11) is 0. The molecule has 0 saturated heterocycles. The summed E-state index contributed by atoms with van der Waals surface area (Å²) in [6, 6.07) is 14.3. The number of benzene rings is 2. The fourth-order valence-electron chi connectivity index (χ4n) is 2.04. The van der Waals surface area contributed by atoms with Gasteiger partial charge in [-0.1, -0.05) is 30.3 Å².